The number of hydrogen-bond donors (Lipinski definition) is 1. The van der Waals surface area contributed by atoms with E-state index in [0.717, 1.165) is 47.9 Å². The van der Waals surface area contributed by atoms with Crippen LogP contribution in [0.25, 0.3) is 11.1 Å². The summed E-state index contributed by atoms with van der Waals surface area (Å²) in [7, 11) is 0. The van der Waals surface area contributed by atoms with Crippen LogP contribution < -0.4 is 5.32 Å². The molecule has 1 N–H and O–H groups in total. The lowest BCUT2D eigenvalue weighted by molar-refractivity contribution is -0.126. The molecule has 0 bridgehead atoms. The first-order valence-corrected chi connectivity index (χ1v) is 9.56. The van der Waals surface area contributed by atoms with Gasteiger partial charge in [0.25, 0.3) is 0 Å². The molecule has 4 rings (SSSR count). The van der Waals surface area contributed by atoms with Crippen LogP contribution in [0.5, 0.6) is 0 Å². The van der Waals surface area contributed by atoms with Gasteiger partial charge in [0.1, 0.15) is 0 Å². The molecule has 0 radical (unpaired) electrons. The topological polar surface area (TPSA) is 55.1 Å². The molecule has 2 heterocycles. The summed E-state index contributed by atoms with van der Waals surface area (Å²) in [5.41, 5.74) is 3.51. The highest BCUT2D eigenvalue weighted by molar-refractivity contribution is 6.30. The lowest BCUT2D eigenvalue weighted by atomic mass is 9.78. The Hall–Kier alpha value is -2.59. The minimum absolute atomic E-state index is 0.0797. The molecule has 3 aromatic rings. The van der Waals surface area contributed by atoms with Crippen molar-refractivity contribution in [2.24, 2.45) is 0 Å². The van der Waals surface area contributed by atoms with Gasteiger partial charge < -0.3 is 9.73 Å². The van der Waals surface area contributed by atoms with E-state index >= 15 is 0 Å². The van der Waals surface area contributed by atoms with E-state index in [2.05, 4.69) is 10.3 Å². The standard InChI is InChI=1S/C22H21ClN2O2/c23-20-5-3-19(4-6-20)22(8-1-2-9-22)21(26)25-13-16-11-18(14-24-12-16)17-7-10-27-15-17/h3-7,10-12,14-15H,1-2,8-9,13H2,(H,25,26). The summed E-state index contributed by atoms with van der Waals surface area (Å²) >= 11 is 6.03. The molecule has 0 spiro atoms. The Balaban J connectivity index is 1.51. The SMILES string of the molecule is O=C(NCc1cncc(-c2ccoc2)c1)C1(c2ccc(Cl)cc2)CCCC1. The molecule has 138 valence electrons. The van der Waals surface area contributed by atoms with E-state index in [9.17, 15) is 4.79 Å². The fourth-order valence-corrected chi connectivity index (χ4v) is 4.04. The Morgan fingerprint density at radius 2 is 1.89 bits per heavy atom. The van der Waals surface area contributed by atoms with Crippen LogP contribution in [-0.2, 0) is 16.8 Å². The number of rotatable bonds is 5. The highest BCUT2D eigenvalue weighted by Gasteiger charge is 2.42. The number of pyridine rings is 1. The first-order chi connectivity index (χ1) is 13.2. The van der Waals surface area contributed by atoms with E-state index in [4.69, 9.17) is 16.0 Å². The van der Waals surface area contributed by atoms with Crippen molar-refractivity contribution in [2.45, 2.75) is 37.6 Å². The van der Waals surface area contributed by atoms with Gasteiger partial charge in [0.2, 0.25) is 5.91 Å². The predicted molar refractivity (Wildman–Crippen MR) is 105 cm³/mol. The summed E-state index contributed by atoms with van der Waals surface area (Å²) in [4.78, 5) is 17.5. The van der Waals surface area contributed by atoms with Gasteiger partial charge >= 0.3 is 0 Å². The molecule has 1 amide bonds. The molecule has 1 fully saturated rings. The van der Waals surface area contributed by atoms with Crippen molar-refractivity contribution in [1.82, 2.24) is 10.3 Å². The van der Waals surface area contributed by atoms with Crippen LogP contribution in [0.15, 0.2) is 65.7 Å². The lowest BCUT2D eigenvalue weighted by Crippen LogP contribution is -2.42. The quantitative estimate of drug-likeness (QED) is 0.668. The molecule has 0 aliphatic heterocycles. The number of nitrogens with one attached hydrogen (secondary N) is 1. The predicted octanol–water partition coefficient (Wildman–Crippen LogP) is 5.12. The van der Waals surface area contributed by atoms with Gasteiger partial charge in [-0.05, 0) is 48.2 Å². The van der Waals surface area contributed by atoms with Gasteiger partial charge in [-0.15, -0.1) is 0 Å². The molecular formula is C22H21ClN2O2. The number of furan rings is 1. The van der Waals surface area contributed by atoms with Crippen molar-refractivity contribution in [3.63, 3.8) is 0 Å². The van der Waals surface area contributed by atoms with Gasteiger partial charge in [-0.25, -0.2) is 0 Å². The monoisotopic (exact) mass is 380 g/mol. The molecule has 1 aliphatic rings. The maximum atomic E-state index is 13.2. The summed E-state index contributed by atoms with van der Waals surface area (Å²) in [5, 5.41) is 3.82. The minimum Gasteiger partial charge on any atom is -0.472 e. The third-order valence-electron chi connectivity index (χ3n) is 5.39. The number of halogens is 1. The summed E-state index contributed by atoms with van der Waals surface area (Å²) < 4.78 is 5.14. The second kappa shape index (κ2) is 7.57. The van der Waals surface area contributed by atoms with Gasteiger partial charge in [-0.1, -0.05) is 36.6 Å². The number of carbonyl (C=O) groups is 1. The van der Waals surface area contributed by atoms with Crippen LogP contribution in [-0.4, -0.2) is 10.9 Å². The van der Waals surface area contributed by atoms with Crippen molar-refractivity contribution in [2.75, 3.05) is 0 Å². The van der Waals surface area contributed by atoms with Crippen molar-refractivity contribution < 1.29 is 9.21 Å². The number of benzene rings is 1. The Morgan fingerprint density at radius 3 is 2.59 bits per heavy atom. The van der Waals surface area contributed by atoms with Crippen molar-refractivity contribution >= 4 is 17.5 Å². The Morgan fingerprint density at radius 1 is 1.11 bits per heavy atom. The van der Waals surface area contributed by atoms with Gasteiger partial charge in [0.05, 0.1) is 17.9 Å². The molecule has 1 saturated carbocycles. The van der Waals surface area contributed by atoms with Crippen molar-refractivity contribution in [1.29, 1.82) is 0 Å². The fourth-order valence-electron chi connectivity index (χ4n) is 3.92. The Labute approximate surface area is 163 Å². The molecule has 5 heteroatoms. The van der Waals surface area contributed by atoms with Crippen LogP contribution in [0.3, 0.4) is 0 Å². The van der Waals surface area contributed by atoms with E-state index in [0.29, 0.717) is 11.6 Å². The van der Waals surface area contributed by atoms with Gasteiger partial charge in [0, 0.05) is 35.1 Å². The van der Waals surface area contributed by atoms with E-state index in [1.807, 2.05) is 36.4 Å². The second-order valence-electron chi connectivity index (χ2n) is 7.07. The lowest BCUT2D eigenvalue weighted by Gasteiger charge is -2.28. The van der Waals surface area contributed by atoms with E-state index < -0.39 is 5.41 Å². The van der Waals surface area contributed by atoms with Crippen LogP contribution in [0, 0.1) is 0 Å². The smallest absolute Gasteiger partial charge is 0.230 e. The van der Waals surface area contributed by atoms with E-state index in [1.165, 1.54) is 0 Å². The maximum Gasteiger partial charge on any atom is 0.230 e. The summed E-state index contributed by atoms with van der Waals surface area (Å²) in [6, 6.07) is 11.6. The normalized spacial score (nSPS) is 15.6. The van der Waals surface area contributed by atoms with Gasteiger partial charge in [0.15, 0.2) is 0 Å². The van der Waals surface area contributed by atoms with Crippen molar-refractivity contribution in [3.05, 3.63) is 77.5 Å². The van der Waals surface area contributed by atoms with E-state index in [-0.39, 0.29) is 5.91 Å². The van der Waals surface area contributed by atoms with Gasteiger partial charge in [-0.3, -0.25) is 9.78 Å². The molecule has 0 saturated heterocycles. The number of amides is 1. The molecular weight excluding hydrogens is 360 g/mol. The second-order valence-corrected chi connectivity index (χ2v) is 7.51. The van der Waals surface area contributed by atoms with Gasteiger partial charge in [-0.2, -0.15) is 0 Å². The third kappa shape index (κ3) is 3.62. The number of hydrogen-bond acceptors (Lipinski definition) is 3. The van der Waals surface area contributed by atoms with Crippen LogP contribution in [0.4, 0.5) is 0 Å². The summed E-state index contributed by atoms with van der Waals surface area (Å²) in [5.74, 6) is 0.0797. The first kappa shape index (κ1) is 17.8. The summed E-state index contributed by atoms with van der Waals surface area (Å²) in [6.07, 6.45) is 10.8. The highest BCUT2D eigenvalue weighted by Crippen LogP contribution is 2.41. The van der Waals surface area contributed by atoms with Crippen LogP contribution >= 0.6 is 11.6 Å². The molecule has 4 nitrogen and oxygen atoms in total. The first-order valence-electron chi connectivity index (χ1n) is 9.18. The average molecular weight is 381 g/mol. The Bertz CT molecular complexity index is 914. The molecule has 27 heavy (non-hydrogen) atoms. The van der Waals surface area contributed by atoms with Crippen LogP contribution in [0.2, 0.25) is 5.02 Å². The molecule has 1 aliphatic carbocycles. The average Bonchev–Trinajstić information content (AvgIpc) is 3.39. The zero-order chi connectivity index (χ0) is 18.7. The maximum absolute atomic E-state index is 13.2. The summed E-state index contributed by atoms with van der Waals surface area (Å²) in [6.45, 7) is 0.451. The van der Waals surface area contributed by atoms with Crippen LogP contribution in [0.1, 0.15) is 36.8 Å². The number of carbonyl (C=O) groups excluding carboxylic acids is 1. The number of aromatic nitrogens is 1. The van der Waals surface area contributed by atoms with Crippen molar-refractivity contribution in [3.8, 4) is 11.1 Å². The van der Waals surface area contributed by atoms with E-state index in [1.54, 1.807) is 24.9 Å². The highest BCUT2D eigenvalue weighted by atomic mass is 35.5. The number of nitrogens with zero attached hydrogens (tertiary/aromatic N) is 1. The molecule has 1 aromatic carbocycles. The molecule has 2 aromatic heterocycles. The third-order valence-corrected chi connectivity index (χ3v) is 5.64. The molecule has 0 unspecified atom stereocenters. The zero-order valence-electron chi connectivity index (χ0n) is 15.0. The zero-order valence-corrected chi connectivity index (χ0v) is 15.7. The Kier molecular flexibility index (Phi) is 4.99. The largest absolute Gasteiger partial charge is 0.472 e. The fraction of sp³-hybridized carbons (Fsp3) is 0.273. The molecule has 0 atom stereocenters. The minimum atomic E-state index is -0.458.